The lowest BCUT2D eigenvalue weighted by molar-refractivity contribution is -0.128. The summed E-state index contributed by atoms with van der Waals surface area (Å²) in [6, 6.07) is 10.6. The van der Waals surface area contributed by atoms with Crippen LogP contribution >= 0.6 is 0 Å². The number of hydrogen-bond acceptors (Lipinski definition) is 4. The van der Waals surface area contributed by atoms with Gasteiger partial charge in [-0.05, 0) is 44.6 Å². The Bertz CT molecular complexity index is 471. The van der Waals surface area contributed by atoms with Gasteiger partial charge in [-0.15, -0.1) is 0 Å². The van der Waals surface area contributed by atoms with E-state index in [0.717, 1.165) is 39.0 Å². The van der Waals surface area contributed by atoms with E-state index in [2.05, 4.69) is 41.5 Å². The van der Waals surface area contributed by atoms with E-state index in [0.29, 0.717) is 6.54 Å². The Morgan fingerprint density at radius 2 is 1.92 bits per heavy atom. The normalized spacial score (nSPS) is 17.0. The minimum atomic E-state index is -0.0263. The fourth-order valence-corrected chi connectivity index (χ4v) is 3.21. The molecule has 1 heterocycles. The molecule has 0 aromatic heterocycles. The number of likely N-dealkylation sites (N-methyl/N-ethyl adjacent to an activating group) is 1. The maximum Gasteiger partial charge on any atom is 0.246 e. The highest BCUT2D eigenvalue weighted by Crippen LogP contribution is 2.19. The fraction of sp³-hybridized carbons (Fsp3) is 0.632. The Hall–Kier alpha value is -1.43. The topological polar surface area (TPSA) is 53.6 Å². The number of carbonyl (C=O) groups is 1. The smallest absolute Gasteiger partial charge is 0.246 e. The van der Waals surface area contributed by atoms with Gasteiger partial charge in [0.1, 0.15) is 6.61 Å². The molecule has 1 unspecified atom stereocenters. The van der Waals surface area contributed by atoms with Crippen LogP contribution in [0.5, 0.6) is 0 Å². The molecule has 134 valence electrons. The molecule has 0 spiro atoms. The molecule has 0 saturated carbocycles. The third-order valence-corrected chi connectivity index (χ3v) is 4.67. The van der Waals surface area contributed by atoms with Gasteiger partial charge in [0.2, 0.25) is 5.91 Å². The summed E-state index contributed by atoms with van der Waals surface area (Å²) in [6.07, 6.45) is 2.18. The lowest BCUT2D eigenvalue weighted by Crippen LogP contribution is -2.40. The lowest BCUT2D eigenvalue weighted by atomic mass is 10.1. The van der Waals surface area contributed by atoms with Crippen molar-refractivity contribution in [2.24, 2.45) is 0 Å². The highest BCUT2D eigenvalue weighted by Gasteiger charge is 2.19. The molecule has 24 heavy (non-hydrogen) atoms. The maximum atomic E-state index is 12.2. The summed E-state index contributed by atoms with van der Waals surface area (Å²) in [5.74, 6) is -0.0263. The largest absolute Gasteiger partial charge is 0.368 e. The van der Waals surface area contributed by atoms with Crippen molar-refractivity contribution in [2.75, 3.05) is 39.3 Å². The highest BCUT2D eigenvalue weighted by molar-refractivity contribution is 5.77. The molecule has 1 amide bonds. The van der Waals surface area contributed by atoms with Crippen LogP contribution in [0.1, 0.15) is 38.3 Å². The Kier molecular flexibility index (Phi) is 8.22. The second-order valence-electron chi connectivity index (χ2n) is 6.21. The molecule has 0 aliphatic carbocycles. The van der Waals surface area contributed by atoms with Gasteiger partial charge < -0.3 is 15.4 Å². The van der Waals surface area contributed by atoms with Crippen LogP contribution in [0.4, 0.5) is 0 Å². The molecule has 2 rings (SSSR count). The minimum absolute atomic E-state index is 0.0263. The number of nitrogens with zero attached hydrogens (tertiary/aromatic N) is 1. The zero-order chi connectivity index (χ0) is 17.2. The van der Waals surface area contributed by atoms with Crippen LogP contribution in [-0.2, 0) is 9.53 Å². The summed E-state index contributed by atoms with van der Waals surface area (Å²) in [6.45, 7) is 8.94. The molecule has 2 N–H and O–H groups in total. The molecule has 1 saturated heterocycles. The van der Waals surface area contributed by atoms with Crippen LogP contribution in [-0.4, -0.2) is 56.2 Å². The molecule has 5 heteroatoms. The van der Waals surface area contributed by atoms with Crippen molar-refractivity contribution in [3.8, 4) is 0 Å². The van der Waals surface area contributed by atoms with Gasteiger partial charge in [0.05, 0.1) is 12.1 Å². The third-order valence-electron chi connectivity index (χ3n) is 4.67. The van der Waals surface area contributed by atoms with Crippen LogP contribution in [0.3, 0.4) is 0 Å². The van der Waals surface area contributed by atoms with E-state index in [9.17, 15) is 4.79 Å². The Morgan fingerprint density at radius 3 is 2.54 bits per heavy atom. The number of ether oxygens (including phenoxy) is 1. The van der Waals surface area contributed by atoms with Gasteiger partial charge in [-0.25, -0.2) is 0 Å². The third kappa shape index (κ3) is 5.89. The van der Waals surface area contributed by atoms with Crippen molar-refractivity contribution in [1.82, 2.24) is 15.5 Å². The average Bonchev–Trinajstić information content (AvgIpc) is 2.65. The number of carbonyl (C=O) groups excluding carboxylic acids is 1. The van der Waals surface area contributed by atoms with E-state index >= 15 is 0 Å². The number of amides is 1. The summed E-state index contributed by atoms with van der Waals surface area (Å²) < 4.78 is 5.73. The first-order valence-electron chi connectivity index (χ1n) is 9.12. The van der Waals surface area contributed by atoms with E-state index < -0.39 is 0 Å². The summed E-state index contributed by atoms with van der Waals surface area (Å²) in [5.41, 5.74) is 1.24. The van der Waals surface area contributed by atoms with Gasteiger partial charge in [0.15, 0.2) is 0 Å². The Labute approximate surface area is 145 Å². The summed E-state index contributed by atoms with van der Waals surface area (Å²) in [4.78, 5) is 14.5. The summed E-state index contributed by atoms with van der Waals surface area (Å²) >= 11 is 0. The minimum Gasteiger partial charge on any atom is -0.368 e. The van der Waals surface area contributed by atoms with E-state index in [4.69, 9.17) is 4.74 Å². The molecule has 1 aromatic rings. The van der Waals surface area contributed by atoms with Gasteiger partial charge in [0, 0.05) is 6.54 Å². The number of piperidine rings is 1. The van der Waals surface area contributed by atoms with Crippen molar-refractivity contribution in [1.29, 1.82) is 0 Å². The molecule has 0 radical (unpaired) electrons. The predicted octanol–water partition coefficient (Wildman–Crippen LogP) is 1.95. The van der Waals surface area contributed by atoms with Crippen LogP contribution in [0.15, 0.2) is 30.3 Å². The standard InChI is InChI=1S/C19H31N3O2/c1-3-22(4-2)18(16-8-6-5-7-9-16)14-21-19(23)15-24-17-10-12-20-13-11-17/h5-9,17-18,20H,3-4,10-15H2,1-2H3,(H,21,23). The average molecular weight is 333 g/mol. The quantitative estimate of drug-likeness (QED) is 0.725. The van der Waals surface area contributed by atoms with Gasteiger partial charge in [0.25, 0.3) is 0 Å². The Balaban J connectivity index is 1.84. The zero-order valence-corrected chi connectivity index (χ0v) is 15.0. The number of rotatable bonds is 9. The molecule has 5 nitrogen and oxygen atoms in total. The van der Waals surface area contributed by atoms with Crippen LogP contribution in [0, 0.1) is 0 Å². The molecule has 0 bridgehead atoms. The first-order chi connectivity index (χ1) is 11.7. The number of hydrogen-bond donors (Lipinski definition) is 2. The van der Waals surface area contributed by atoms with Gasteiger partial charge in [-0.3, -0.25) is 9.69 Å². The van der Waals surface area contributed by atoms with Gasteiger partial charge in [-0.1, -0.05) is 44.2 Å². The first-order valence-corrected chi connectivity index (χ1v) is 9.12. The number of nitrogens with one attached hydrogen (secondary N) is 2. The van der Waals surface area contributed by atoms with Crippen LogP contribution in [0.2, 0.25) is 0 Å². The molecule has 1 atom stereocenters. The SMILES string of the molecule is CCN(CC)C(CNC(=O)COC1CCNCC1)c1ccccc1. The second-order valence-corrected chi connectivity index (χ2v) is 6.21. The predicted molar refractivity (Wildman–Crippen MR) is 97.0 cm³/mol. The monoisotopic (exact) mass is 333 g/mol. The second kappa shape index (κ2) is 10.4. The first kappa shape index (κ1) is 18.9. The summed E-state index contributed by atoms with van der Waals surface area (Å²) in [7, 11) is 0. The molecular weight excluding hydrogens is 302 g/mol. The van der Waals surface area contributed by atoms with Crippen molar-refractivity contribution in [2.45, 2.75) is 38.8 Å². The van der Waals surface area contributed by atoms with Crippen LogP contribution < -0.4 is 10.6 Å². The lowest BCUT2D eigenvalue weighted by Gasteiger charge is -2.30. The summed E-state index contributed by atoms with van der Waals surface area (Å²) in [5, 5.41) is 6.35. The van der Waals surface area contributed by atoms with Crippen molar-refractivity contribution in [3.63, 3.8) is 0 Å². The van der Waals surface area contributed by atoms with Gasteiger partial charge in [-0.2, -0.15) is 0 Å². The van der Waals surface area contributed by atoms with E-state index in [1.165, 1.54) is 5.56 Å². The van der Waals surface area contributed by atoms with Crippen molar-refractivity contribution < 1.29 is 9.53 Å². The van der Waals surface area contributed by atoms with Gasteiger partial charge >= 0.3 is 0 Å². The molecule has 1 aliphatic heterocycles. The highest BCUT2D eigenvalue weighted by atomic mass is 16.5. The fourth-order valence-electron chi connectivity index (χ4n) is 3.21. The van der Waals surface area contributed by atoms with E-state index in [-0.39, 0.29) is 24.7 Å². The van der Waals surface area contributed by atoms with E-state index in [1.54, 1.807) is 0 Å². The Morgan fingerprint density at radius 1 is 1.25 bits per heavy atom. The van der Waals surface area contributed by atoms with Crippen molar-refractivity contribution >= 4 is 5.91 Å². The molecular formula is C19H31N3O2. The maximum absolute atomic E-state index is 12.2. The van der Waals surface area contributed by atoms with Crippen molar-refractivity contribution in [3.05, 3.63) is 35.9 Å². The molecule has 1 fully saturated rings. The zero-order valence-electron chi connectivity index (χ0n) is 15.0. The molecule has 1 aromatic carbocycles. The molecule has 1 aliphatic rings. The number of benzene rings is 1. The van der Waals surface area contributed by atoms with E-state index in [1.807, 2.05) is 18.2 Å². The van der Waals surface area contributed by atoms with Crippen LogP contribution in [0.25, 0.3) is 0 Å².